The van der Waals surface area contributed by atoms with Crippen LogP contribution >= 0.6 is 11.6 Å². The third-order valence-corrected chi connectivity index (χ3v) is 3.60. The van der Waals surface area contributed by atoms with Gasteiger partial charge in [-0.25, -0.2) is 0 Å². The molecule has 3 aromatic rings. The van der Waals surface area contributed by atoms with Crippen LogP contribution in [0.5, 0.6) is 0 Å². The van der Waals surface area contributed by atoms with Gasteiger partial charge in [0.05, 0.1) is 17.8 Å². The fraction of sp³-hybridized carbons (Fsp3) is 0.231. The number of hydrogen-bond acceptors (Lipinski definition) is 4. The van der Waals surface area contributed by atoms with Crippen molar-refractivity contribution in [1.29, 1.82) is 0 Å². The number of nitrogens with zero attached hydrogens (tertiary/aromatic N) is 5. The number of amides is 1. The number of carbonyl (C=O) groups is 1. The van der Waals surface area contributed by atoms with Crippen molar-refractivity contribution in [1.82, 2.24) is 29.7 Å². The summed E-state index contributed by atoms with van der Waals surface area (Å²) in [4.78, 5) is 12.2. The van der Waals surface area contributed by atoms with Gasteiger partial charge in [-0.05, 0) is 19.1 Å². The van der Waals surface area contributed by atoms with Crippen LogP contribution in [-0.2, 0) is 13.6 Å². The molecule has 1 N–H and O–H groups in total. The minimum atomic E-state index is -0.279. The Morgan fingerprint density at radius 3 is 2.90 bits per heavy atom. The zero-order valence-corrected chi connectivity index (χ0v) is 12.3. The van der Waals surface area contributed by atoms with Crippen molar-refractivity contribution >= 4 is 23.2 Å². The predicted octanol–water partition coefficient (Wildman–Crippen LogP) is 1.35. The molecular weight excluding hydrogens is 292 g/mol. The molecule has 0 radical (unpaired) electrons. The third kappa shape index (κ3) is 2.36. The average molecular weight is 305 g/mol. The van der Waals surface area contributed by atoms with Crippen LogP contribution < -0.4 is 5.32 Å². The molecule has 0 fully saturated rings. The molecule has 0 saturated carbocycles. The van der Waals surface area contributed by atoms with E-state index in [1.807, 2.05) is 28.8 Å². The van der Waals surface area contributed by atoms with E-state index >= 15 is 0 Å². The number of pyridine rings is 1. The molecule has 0 aliphatic carbocycles. The zero-order valence-electron chi connectivity index (χ0n) is 11.5. The van der Waals surface area contributed by atoms with E-state index in [-0.39, 0.29) is 12.5 Å². The van der Waals surface area contributed by atoms with Crippen molar-refractivity contribution in [2.24, 2.45) is 7.05 Å². The number of aryl methyl sites for hydroxylation is 2. The summed E-state index contributed by atoms with van der Waals surface area (Å²) < 4.78 is 3.29. The minimum absolute atomic E-state index is 0.259. The van der Waals surface area contributed by atoms with Gasteiger partial charge in [-0.15, -0.1) is 10.2 Å². The van der Waals surface area contributed by atoms with E-state index in [1.165, 1.54) is 4.68 Å². The second-order valence-corrected chi connectivity index (χ2v) is 4.96. The van der Waals surface area contributed by atoms with Gasteiger partial charge in [0.15, 0.2) is 11.5 Å². The molecule has 108 valence electrons. The van der Waals surface area contributed by atoms with Gasteiger partial charge < -0.3 is 5.32 Å². The lowest BCUT2D eigenvalue weighted by Gasteiger charge is -2.04. The Morgan fingerprint density at radius 1 is 1.38 bits per heavy atom. The van der Waals surface area contributed by atoms with E-state index in [0.29, 0.717) is 22.2 Å². The van der Waals surface area contributed by atoms with E-state index in [4.69, 9.17) is 11.6 Å². The summed E-state index contributed by atoms with van der Waals surface area (Å²) in [7, 11) is 1.69. The largest absolute Gasteiger partial charge is 0.345 e. The number of aromatic nitrogens is 5. The number of rotatable bonds is 3. The molecule has 0 bridgehead atoms. The average Bonchev–Trinajstić information content (AvgIpc) is 2.98. The molecule has 3 rings (SSSR count). The monoisotopic (exact) mass is 304 g/mol. The highest BCUT2D eigenvalue weighted by Crippen LogP contribution is 2.18. The van der Waals surface area contributed by atoms with Crippen LogP contribution in [0.3, 0.4) is 0 Å². The van der Waals surface area contributed by atoms with E-state index in [1.54, 1.807) is 14.0 Å². The normalized spacial score (nSPS) is 11.0. The van der Waals surface area contributed by atoms with Crippen molar-refractivity contribution in [3.8, 4) is 0 Å². The van der Waals surface area contributed by atoms with Gasteiger partial charge in [-0.3, -0.25) is 13.9 Å². The standard InChI is InChI=1S/C13H13ClN6O/c1-8-11(12(14)19(2)18-8)13(21)15-7-10-17-16-9-5-3-4-6-20(9)10/h3-6H,7H2,1-2H3,(H,15,21). The van der Waals surface area contributed by atoms with Gasteiger partial charge in [-0.2, -0.15) is 5.10 Å². The molecule has 0 aromatic carbocycles. The molecule has 7 nitrogen and oxygen atoms in total. The molecular formula is C13H13ClN6O. The molecule has 1 amide bonds. The number of halogens is 1. The van der Waals surface area contributed by atoms with Crippen LogP contribution in [-0.4, -0.2) is 30.3 Å². The van der Waals surface area contributed by atoms with Crippen molar-refractivity contribution < 1.29 is 4.79 Å². The molecule has 0 aliphatic heterocycles. The molecule has 0 aliphatic rings. The van der Waals surface area contributed by atoms with E-state index in [0.717, 1.165) is 5.65 Å². The van der Waals surface area contributed by atoms with Gasteiger partial charge in [-0.1, -0.05) is 17.7 Å². The summed E-state index contributed by atoms with van der Waals surface area (Å²) in [5, 5.41) is 15.3. The SMILES string of the molecule is Cc1nn(C)c(Cl)c1C(=O)NCc1nnc2ccccn12. The Bertz CT molecular complexity index is 821. The first kappa shape index (κ1) is 13.6. The Balaban J connectivity index is 1.80. The predicted molar refractivity (Wildman–Crippen MR) is 77.1 cm³/mol. The number of fused-ring (bicyclic) bond motifs is 1. The summed E-state index contributed by atoms with van der Waals surface area (Å²) in [6, 6.07) is 5.61. The summed E-state index contributed by atoms with van der Waals surface area (Å²) in [5.74, 6) is 0.370. The smallest absolute Gasteiger partial charge is 0.256 e. The van der Waals surface area contributed by atoms with Crippen molar-refractivity contribution in [3.05, 3.63) is 46.6 Å². The maximum atomic E-state index is 12.2. The lowest BCUT2D eigenvalue weighted by molar-refractivity contribution is 0.0949. The van der Waals surface area contributed by atoms with Crippen molar-refractivity contribution in [2.75, 3.05) is 0 Å². The van der Waals surface area contributed by atoms with Crippen molar-refractivity contribution in [2.45, 2.75) is 13.5 Å². The topological polar surface area (TPSA) is 77.1 Å². The minimum Gasteiger partial charge on any atom is -0.345 e. The van der Waals surface area contributed by atoms with Crippen LogP contribution in [0.2, 0.25) is 5.15 Å². The fourth-order valence-electron chi connectivity index (χ4n) is 2.15. The molecule has 0 unspecified atom stereocenters. The van der Waals surface area contributed by atoms with E-state index in [9.17, 15) is 4.79 Å². The molecule has 0 atom stereocenters. The first-order valence-corrected chi connectivity index (χ1v) is 6.71. The Hall–Kier alpha value is -2.41. The number of carbonyl (C=O) groups excluding carboxylic acids is 1. The third-order valence-electron chi connectivity index (χ3n) is 3.17. The van der Waals surface area contributed by atoms with Gasteiger partial charge in [0.1, 0.15) is 5.15 Å². The quantitative estimate of drug-likeness (QED) is 0.792. The number of nitrogens with one attached hydrogen (secondary N) is 1. The molecule has 3 heterocycles. The molecule has 21 heavy (non-hydrogen) atoms. The van der Waals surface area contributed by atoms with Gasteiger partial charge in [0, 0.05) is 13.2 Å². The lowest BCUT2D eigenvalue weighted by atomic mass is 10.2. The van der Waals surface area contributed by atoms with Gasteiger partial charge >= 0.3 is 0 Å². The van der Waals surface area contributed by atoms with Gasteiger partial charge in [0.25, 0.3) is 5.91 Å². The molecule has 0 spiro atoms. The second-order valence-electron chi connectivity index (χ2n) is 4.60. The van der Waals surface area contributed by atoms with Crippen molar-refractivity contribution in [3.63, 3.8) is 0 Å². The maximum Gasteiger partial charge on any atom is 0.256 e. The summed E-state index contributed by atoms with van der Waals surface area (Å²) in [6.07, 6.45) is 1.85. The summed E-state index contributed by atoms with van der Waals surface area (Å²) in [5.41, 5.74) is 1.71. The van der Waals surface area contributed by atoms with Gasteiger partial charge in [0.2, 0.25) is 0 Å². The highest BCUT2D eigenvalue weighted by molar-refractivity contribution is 6.33. The fourth-order valence-corrected chi connectivity index (χ4v) is 2.41. The van der Waals surface area contributed by atoms with Crippen LogP contribution in [0, 0.1) is 6.92 Å². The first-order valence-electron chi connectivity index (χ1n) is 6.34. The van der Waals surface area contributed by atoms with Crippen LogP contribution in [0.4, 0.5) is 0 Å². The Morgan fingerprint density at radius 2 is 2.19 bits per heavy atom. The van der Waals surface area contributed by atoms with Crippen LogP contribution in [0.1, 0.15) is 21.9 Å². The van der Waals surface area contributed by atoms with Crippen LogP contribution in [0.15, 0.2) is 24.4 Å². The highest BCUT2D eigenvalue weighted by atomic mass is 35.5. The summed E-state index contributed by atoms with van der Waals surface area (Å²) in [6.45, 7) is 2.00. The van der Waals surface area contributed by atoms with E-state index in [2.05, 4.69) is 20.6 Å². The molecule has 3 aromatic heterocycles. The lowest BCUT2D eigenvalue weighted by Crippen LogP contribution is -2.24. The first-order chi connectivity index (χ1) is 10.1. The Kier molecular flexibility index (Phi) is 3.34. The second kappa shape index (κ2) is 5.17. The van der Waals surface area contributed by atoms with Crippen LogP contribution in [0.25, 0.3) is 5.65 Å². The number of hydrogen-bond donors (Lipinski definition) is 1. The molecule has 0 saturated heterocycles. The van der Waals surface area contributed by atoms with E-state index < -0.39 is 0 Å². The summed E-state index contributed by atoms with van der Waals surface area (Å²) >= 11 is 6.07. The maximum absolute atomic E-state index is 12.2. The Labute approximate surface area is 125 Å². The molecule has 8 heteroatoms. The zero-order chi connectivity index (χ0) is 15.0. The highest BCUT2D eigenvalue weighted by Gasteiger charge is 2.19.